The van der Waals surface area contributed by atoms with Gasteiger partial charge in [-0.1, -0.05) is 23.4 Å². The highest BCUT2D eigenvalue weighted by Crippen LogP contribution is 2.40. The lowest BCUT2D eigenvalue weighted by molar-refractivity contribution is 0.604. The monoisotopic (exact) mass is 275 g/mol. The summed E-state index contributed by atoms with van der Waals surface area (Å²) in [6.45, 7) is 0. The van der Waals surface area contributed by atoms with Crippen molar-refractivity contribution in [3.05, 3.63) is 28.5 Å². The molecular formula is C9H7ClFN3S2. The van der Waals surface area contributed by atoms with Crippen LogP contribution < -0.4 is 11.5 Å². The third kappa shape index (κ3) is 2.09. The van der Waals surface area contributed by atoms with Crippen LogP contribution >= 0.6 is 34.7 Å². The van der Waals surface area contributed by atoms with Crippen molar-refractivity contribution in [2.45, 2.75) is 9.24 Å². The molecule has 0 bridgehead atoms. The predicted octanol–water partition coefficient (Wildman–Crippen LogP) is 3.25. The summed E-state index contributed by atoms with van der Waals surface area (Å²) in [7, 11) is 0. The van der Waals surface area contributed by atoms with E-state index in [0.29, 0.717) is 4.34 Å². The molecule has 7 heteroatoms. The quantitative estimate of drug-likeness (QED) is 0.826. The van der Waals surface area contributed by atoms with Crippen LogP contribution in [-0.4, -0.2) is 4.98 Å². The molecule has 4 N–H and O–H groups in total. The van der Waals surface area contributed by atoms with Crippen molar-refractivity contribution in [3.8, 4) is 0 Å². The van der Waals surface area contributed by atoms with Crippen molar-refractivity contribution in [2.24, 2.45) is 0 Å². The van der Waals surface area contributed by atoms with Crippen molar-refractivity contribution >= 4 is 46.1 Å². The molecule has 0 fully saturated rings. The largest absolute Gasteiger partial charge is 0.398 e. The second-order valence-electron chi connectivity index (χ2n) is 2.91. The maximum Gasteiger partial charge on any atom is 0.159 e. The van der Waals surface area contributed by atoms with Gasteiger partial charge in [0.25, 0.3) is 0 Å². The lowest BCUT2D eigenvalue weighted by Gasteiger charge is -2.08. The summed E-state index contributed by atoms with van der Waals surface area (Å²) >= 11 is 8.25. The lowest BCUT2D eigenvalue weighted by Crippen LogP contribution is -1.97. The van der Waals surface area contributed by atoms with Crippen LogP contribution in [-0.2, 0) is 0 Å². The fourth-order valence-electron chi connectivity index (χ4n) is 1.10. The highest BCUT2D eigenvalue weighted by molar-refractivity contribution is 8.01. The van der Waals surface area contributed by atoms with Crippen molar-refractivity contribution in [1.82, 2.24) is 4.98 Å². The summed E-state index contributed by atoms with van der Waals surface area (Å²) in [6.07, 6.45) is 1.64. The molecule has 16 heavy (non-hydrogen) atoms. The number of rotatable bonds is 2. The molecule has 0 aliphatic carbocycles. The Kier molecular flexibility index (Phi) is 3.22. The molecule has 1 heterocycles. The molecule has 0 aliphatic rings. The van der Waals surface area contributed by atoms with Crippen LogP contribution in [0.4, 0.5) is 15.8 Å². The van der Waals surface area contributed by atoms with Crippen LogP contribution in [0.15, 0.2) is 26.9 Å². The SMILES string of the molecule is Nc1cc(N)c(Sc2nccs2)c(F)c1Cl. The van der Waals surface area contributed by atoms with E-state index in [4.69, 9.17) is 23.1 Å². The molecule has 0 atom stereocenters. The van der Waals surface area contributed by atoms with Gasteiger partial charge in [-0.3, -0.25) is 0 Å². The normalized spacial score (nSPS) is 10.6. The zero-order valence-corrected chi connectivity index (χ0v) is 10.3. The first-order valence-electron chi connectivity index (χ1n) is 4.20. The molecule has 2 aromatic rings. The van der Waals surface area contributed by atoms with Gasteiger partial charge in [-0.15, -0.1) is 11.3 Å². The highest BCUT2D eigenvalue weighted by atomic mass is 35.5. The van der Waals surface area contributed by atoms with Crippen LogP contribution in [0.1, 0.15) is 0 Å². The molecule has 84 valence electrons. The van der Waals surface area contributed by atoms with Crippen molar-refractivity contribution in [1.29, 1.82) is 0 Å². The van der Waals surface area contributed by atoms with Crippen molar-refractivity contribution in [3.63, 3.8) is 0 Å². The van der Waals surface area contributed by atoms with E-state index in [-0.39, 0.29) is 21.3 Å². The Morgan fingerprint density at radius 3 is 2.75 bits per heavy atom. The number of benzene rings is 1. The Hall–Kier alpha value is -0.980. The number of hydrogen-bond acceptors (Lipinski definition) is 5. The summed E-state index contributed by atoms with van der Waals surface area (Å²) < 4.78 is 14.5. The molecule has 0 unspecified atom stereocenters. The zero-order chi connectivity index (χ0) is 11.7. The topological polar surface area (TPSA) is 64.9 Å². The van der Waals surface area contributed by atoms with Gasteiger partial charge in [0.05, 0.1) is 16.3 Å². The Morgan fingerprint density at radius 2 is 2.12 bits per heavy atom. The molecule has 0 saturated carbocycles. The molecule has 0 saturated heterocycles. The molecule has 1 aromatic heterocycles. The maximum absolute atomic E-state index is 13.8. The van der Waals surface area contributed by atoms with Crippen LogP contribution in [0.5, 0.6) is 0 Å². The van der Waals surface area contributed by atoms with Gasteiger partial charge >= 0.3 is 0 Å². The second kappa shape index (κ2) is 4.48. The summed E-state index contributed by atoms with van der Waals surface area (Å²) in [5.41, 5.74) is 11.6. The minimum atomic E-state index is -0.598. The molecule has 1 aromatic carbocycles. The molecule has 0 amide bonds. The number of nitrogens with zero attached hydrogens (tertiary/aromatic N) is 1. The number of nitrogen functional groups attached to an aromatic ring is 2. The first-order chi connectivity index (χ1) is 7.59. The van der Waals surface area contributed by atoms with E-state index < -0.39 is 5.82 Å². The third-order valence-corrected chi connectivity index (χ3v) is 4.20. The first-order valence-corrected chi connectivity index (χ1v) is 6.27. The summed E-state index contributed by atoms with van der Waals surface area (Å²) in [4.78, 5) is 4.29. The van der Waals surface area contributed by atoms with Crippen LogP contribution in [0.25, 0.3) is 0 Å². The fraction of sp³-hybridized carbons (Fsp3) is 0. The molecule has 3 nitrogen and oxygen atoms in total. The van der Waals surface area contributed by atoms with E-state index in [9.17, 15) is 4.39 Å². The zero-order valence-electron chi connectivity index (χ0n) is 7.91. The van der Waals surface area contributed by atoms with Gasteiger partial charge < -0.3 is 11.5 Å². The number of nitrogens with two attached hydrogens (primary N) is 2. The van der Waals surface area contributed by atoms with Crippen LogP contribution in [0, 0.1) is 5.82 Å². The number of thiazole rings is 1. The Labute approximate surface area is 105 Å². The summed E-state index contributed by atoms with van der Waals surface area (Å²) in [6, 6.07) is 1.45. The molecule has 2 rings (SSSR count). The van der Waals surface area contributed by atoms with Gasteiger partial charge in [0, 0.05) is 11.6 Å². The summed E-state index contributed by atoms with van der Waals surface area (Å²) in [5.74, 6) is -0.598. The average molecular weight is 276 g/mol. The van der Waals surface area contributed by atoms with E-state index in [1.165, 1.54) is 17.4 Å². The third-order valence-electron chi connectivity index (χ3n) is 1.82. The fourth-order valence-corrected chi connectivity index (χ4v) is 2.93. The van der Waals surface area contributed by atoms with Gasteiger partial charge in [-0.25, -0.2) is 9.37 Å². The van der Waals surface area contributed by atoms with Gasteiger partial charge in [0.1, 0.15) is 5.02 Å². The van der Waals surface area contributed by atoms with Crippen molar-refractivity contribution in [2.75, 3.05) is 11.5 Å². The Bertz CT molecular complexity index is 516. The standard InChI is InChI=1S/C9H7ClFN3S2/c10-6-4(12)3-5(13)8(7(6)11)16-9-14-1-2-15-9/h1-3H,12-13H2. The summed E-state index contributed by atoms with van der Waals surface area (Å²) in [5, 5.41) is 1.70. The lowest BCUT2D eigenvalue weighted by atomic mass is 10.3. The van der Waals surface area contributed by atoms with E-state index in [1.54, 1.807) is 11.6 Å². The van der Waals surface area contributed by atoms with Gasteiger partial charge in [0.2, 0.25) is 0 Å². The minimum absolute atomic E-state index is 0.103. The van der Waals surface area contributed by atoms with Gasteiger partial charge in [-0.2, -0.15) is 0 Å². The van der Waals surface area contributed by atoms with Gasteiger partial charge in [0.15, 0.2) is 10.2 Å². The molecule has 0 radical (unpaired) electrons. The minimum Gasteiger partial charge on any atom is -0.398 e. The average Bonchev–Trinajstić information content (AvgIpc) is 2.74. The highest BCUT2D eigenvalue weighted by Gasteiger charge is 2.16. The van der Waals surface area contributed by atoms with Crippen LogP contribution in [0.3, 0.4) is 0 Å². The number of halogens is 2. The van der Waals surface area contributed by atoms with Gasteiger partial charge in [-0.05, 0) is 6.07 Å². The van der Waals surface area contributed by atoms with E-state index in [2.05, 4.69) is 4.98 Å². The number of aromatic nitrogens is 1. The van der Waals surface area contributed by atoms with Crippen LogP contribution in [0.2, 0.25) is 5.02 Å². The number of anilines is 2. The smallest absolute Gasteiger partial charge is 0.159 e. The number of hydrogen-bond donors (Lipinski definition) is 2. The maximum atomic E-state index is 13.8. The second-order valence-corrected chi connectivity index (χ2v) is 5.44. The van der Waals surface area contributed by atoms with E-state index in [0.717, 1.165) is 11.8 Å². The molecule has 0 spiro atoms. The Morgan fingerprint density at radius 1 is 1.38 bits per heavy atom. The first kappa shape index (κ1) is 11.5. The van der Waals surface area contributed by atoms with E-state index >= 15 is 0 Å². The predicted molar refractivity (Wildman–Crippen MR) is 66.5 cm³/mol. The van der Waals surface area contributed by atoms with Crippen molar-refractivity contribution < 1.29 is 4.39 Å². The molecular weight excluding hydrogens is 269 g/mol. The molecule has 0 aliphatic heterocycles. The Balaban J connectivity index is 2.45. The van der Waals surface area contributed by atoms with E-state index in [1.807, 2.05) is 0 Å².